The van der Waals surface area contributed by atoms with Gasteiger partial charge in [-0.15, -0.1) is 0 Å². The molecule has 0 bridgehead atoms. The number of hydrogen-bond donors (Lipinski definition) is 4. The van der Waals surface area contributed by atoms with Gasteiger partial charge in [0.2, 0.25) is 0 Å². The molecule has 1 aliphatic heterocycles. The zero-order valence-corrected chi connectivity index (χ0v) is 16.3. The number of nitrogens with zero attached hydrogens (tertiary/aromatic N) is 3. The van der Waals surface area contributed by atoms with Gasteiger partial charge in [0.15, 0.2) is 0 Å². The van der Waals surface area contributed by atoms with Crippen LogP contribution in [0.3, 0.4) is 0 Å². The molecule has 3 heterocycles. The highest BCUT2D eigenvalue weighted by Gasteiger charge is 2.24. The van der Waals surface area contributed by atoms with Crippen LogP contribution in [0.1, 0.15) is 19.3 Å². The van der Waals surface area contributed by atoms with Crippen molar-refractivity contribution in [2.24, 2.45) is 0 Å². The minimum atomic E-state index is -0.667. The van der Waals surface area contributed by atoms with Crippen molar-refractivity contribution < 1.29 is 9.59 Å². The summed E-state index contributed by atoms with van der Waals surface area (Å²) in [4.78, 5) is 29.7. The van der Waals surface area contributed by atoms with E-state index in [2.05, 4.69) is 25.8 Å². The van der Waals surface area contributed by atoms with Crippen LogP contribution in [0.4, 0.5) is 17.2 Å². The summed E-state index contributed by atoms with van der Waals surface area (Å²) >= 11 is 0. The molecule has 0 atom stereocenters. The fraction of sp³-hybridized carbons (Fsp3) is 0.300. The van der Waals surface area contributed by atoms with E-state index in [9.17, 15) is 9.59 Å². The molecule has 0 spiro atoms. The van der Waals surface area contributed by atoms with Crippen LogP contribution in [-0.2, 0) is 9.59 Å². The number of aromatic amines is 1. The van der Waals surface area contributed by atoms with Crippen molar-refractivity contribution in [3.63, 3.8) is 0 Å². The summed E-state index contributed by atoms with van der Waals surface area (Å²) in [6.45, 7) is 1.26. The quantitative estimate of drug-likeness (QED) is 0.493. The fourth-order valence-corrected chi connectivity index (χ4v) is 3.07. The molecule has 2 amide bonds. The average Bonchev–Trinajstić information content (AvgIpc) is 3.28. The van der Waals surface area contributed by atoms with E-state index in [1.165, 1.54) is 12.4 Å². The van der Waals surface area contributed by atoms with Gasteiger partial charge in [-0.3, -0.25) is 14.7 Å². The van der Waals surface area contributed by atoms with Crippen molar-refractivity contribution in [3.8, 4) is 0 Å². The van der Waals surface area contributed by atoms with E-state index in [1.807, 2.05) is 37.4 Å². The summed E-state index contributed by atoms with van der Waals surface area (Å²) < 4.78 is 0. The van der Waals surface area contributed by atoms with Crippen molar-refractivity contribution in [2.45, 2.75) is 19.3 Å². The number of pyridine rings is 1. The van der Waals surface area contributed by atoms with Gasteiger partial charge in [-0.25, -0.2) is 4.98 Å². The number of nitrogen functional groups attached to an aromatic ring is 1. The lowest BCUT2D eigenvalue weighted by molar-refractivity contribution is -0.143. The molecule has 0 unspecified atom stereocenters. The number of nitrogens with two attached hydrogens (primary N) is 1. The number of para-hydroxylation sites is 1. The molecule has 3 aromatic rings. The Bertz CT molecular complexity index is 965. The van der Waals surface area contributed by atoms with E-state index in [0.29, 0.717) is 35.5 Å². The van der Waals surface area contributed by atoms with E-state index in [1.54, 1.807) is 4.90 Å². The van der Waals surface area contributed by atoms with Crippen LogP contribution in [-0.4, -0.2) is 52.0 Å². The molecule has 0 aliphatic carbocycles. The molecule has 0 saturated carbocycles. The van der Waals surface area contributed by atoms with Crippen LogP contribution in [0.25, 0.3) is 10.9 Å². The van der Waals surface area contributed by atoms with Crippen LogP contribution < -0.4 is 16.4 Å². The number of aromatic nitrogens is 3. The highest BCUT2D eigenvalue weighted by Crippen LogP contribution is 2.23. The number of hydrogen-bond acceptors (Lipinski definition) is 6. The predicted octanol–water partition coefficient (Wildman–Crippen LogP) is 2.22. The normalized spacial score (nSPS) is 13.3. The molecule has 1 aliphatic rings. The zero-order chi connectivity index (χ0) is 20.6. The molecule has 9 nitrogen and oxygen atoms in total. The average molecular weight is 395 g/mol. The van der Waals surface area contributed by atoms with Gasteiger partial charge >= 0.3 is 11.8 Å². The summed E-state index contributed by atoms with van der Waals surface area (Å²) in [5.74, 6) is -0.863. The molecule has 2 aromatic heterocycles. The predicted molar refractivity (Wildman–Crippen MR) is 113 cm³/mol. The lowest BCUT2D eigenvalue weighted by Gasteiger charge is -2.25. The summed E-state index contributed by atoms with van der Waals surface area (Å²) in [5, 5.41) is 12.8. The van der Waals surface area contributed by atoms with Crippen LogP contribution >= 0.6 is 0 Å². The number of amides is 2. The monoisotopic (exact) mass is 395 g/mol. The van der Waals surface area contributed by atoms with Gasteiger partial charge in [0.1, 0.15) is 5.82 Å². The highest BCUT2D eigenvalue weighted by atomic mass is 16.2. The highest BCUT2D eigenvalue weighted by molar-refractivity contribution is 6.40. The van der Waals surface area contributed by atoms with Gasteiger partial charge in [0, 0.05) is 25.8 Å². The summed E-state index contributed by atoms with van der Waals surface area (Å²) in [7, 11) is 1.91. The third-order valence-electron chi connectivity index (χ3n) is 4.67. The lowest BCUT2D eigenvalue weighted by Crippen LogP contribution is -2.42. The van der Waals surface area contributed by atoms with E-state index in [-0.39, 0.29) is 0 Å². The number of carbonyl (C=O) groups is 2. The van der Waals surface area contributed by atoms with Crippen molar-refractivity contribution in [3.05, 3.63) is 42.7 Å². The van der Waals surface area contributed by atoms with Crippen molar-refractivity contribution in [2.75, 3.05) is 36.5 Å². The second-order valence-corrected chi connectivity index (χ2v) is 6.64. The molecule has 1 aromatic carbocycles. The molecule has 4 rings (SSSR count). The number of rotatable bonds is 2. The standard InChI is InChI=1S/C13H16N6O2.C7H9N/c14-11-8-6-16-18-10(8)9(7-15-11)17-12(20)13(21)19-4-2-1-3-5-19;1-8-7-5-3-2-4-6-7/h6-7H,1-5H2,(H2,14,15)(H,16,18)(H,17,20);2-6,8H,1H3. The maximum atomic E-state index is 12.1. The lowest BCUT2D eigenvalue weighted by atomic mass is 10.1. The second-order valence-electron chi connectivity index (χ2n) is 6.64. The van der Waals surface area contributed by atoms with Crippen LogP contribution in [0.5, 0.6) is 0 Å². The molecule has 1 fully saturated rings. The van der Waals surface area contributed by atoms with Crippen LogP contribution in [0.15, 0.2) is 42.7 Å². The van der Waals surface area contributed by atoms with Crippen molar-refractivity contribution in [1.29, 1.82) is 0 Å². The minimum absolute atomic E-state index is 0.319. The molecule has 0 radical (unpaired) electrons. The SMILES string of the molecule is CNc1ccccc1.Nc1ncc(NC(=O)C(=O)N2CCCCC2)c2[nH]ncc12. The van der Waals surface area contributed by atoms with E-state index in [0.717, 1.165) is 24.9 Å². The van der Waals surface area contributed by atoms with E-state index >= 15 is 0 Å². The molecular formula is C20H25N7O2. The van der Waals surface area contributed by atoms with Crippen LogP contribution in [0.2, 0.25) is 0 Å². The number of fused-ring (bicyclic) bond motifs is 1. The van der Waals surface area contributed by atoms with E-state index < -0.39 is 11.8 Å². The first-order valence-electron chi connectivity index (χ1n) is 9.50. The Labute approximate surface area is 168 Å². The van der Waals surface area contributed by atoms with Gasteiger partial charge in [-0.2, -0.15) is 5.10 Å². The van der Waals surface area contributed by atoms with Gasteiger partial charge in [-0.1, -0.05) is 18.2 Å². The number of likely N-dealkylation sites (tertiary alicyclic amines) is 1. The first-order valence-corrected chi connectivity index (χ1v) is 9.50. The van der Waals surface area contributed by atoms with Crippen molar-refractivity contribution in [1.82, 2.24) is 20.1 Å². The Hall–Kier alpha value is -3.62. The maximum Gasteiger partial charge on any atom is 0.314 e. The molecule has 5 N–H and O–H groups in total. The van der Waals surface area contributed by atoms with Gasteiger partial charge in [0.25, 0.3) is 0 Å². The topological polar surface area (TPSA) is 129 Å². The number of carbonyl (C=O) groups excluding carboxylic acids is 2. The molecule has 152 valence electrons. The first kappa shape index (κ1) is 20.1. The summed E-state index contributed by atoms with van der Waals surface area (Å²) in [6.07, 6.45) is 5.92. The Morgan fingerprint density at radius 1 is 1.10 bits per heavy atom. The Balaban J connectivity index is 0.000000252. The number of piperidine rings is 1. The van der Waals surface area contributed by atoms with Gasteiger partial charge in [-0.05, 0) is 31.4 Å². The van der Waals surface area contributed by atoms with Crippen molar-refractivity contribution >= 4 is 39.9 Å². The van der Waals surface area contributed by atoms with E-state index in [4.69, 9.17) is 5.73 Å². The molecular weight excluding hydrogens is 370 g/mol. The maximum absolute atomic E-state index is 12.1. The number of benzene rings is 1. The molecule has 9 heteroatoms. The Morgan fingerprint density at radius 3 is 2.48 bits per heavy atom. The van der Waals surface area contributed by atoms with Gasteiger partial charge in [0.05, 0.1) is 29.0 Å². The van der Waals surface area contributed by atoms with Crippen LogP contribution in [0, 0.1) is 0 Å². The fourth-order valence-electron chi connectivity index (χ4n) is 3.07. The second kappa shape index (κ2) is 9.54. The minimum Gasteiger partial charge on any atom is -0.388 e. The van der Waals surface area contributed by atoms with Gasteiger partial charge < -0.3 is 21.3 Å². The number of anilines is 3. The third-order valence-corrected chi connectivity index (χ3v) is 4.67. The third kappa shape index (κ3) is 5.01. The summed E-state index contributed by atoms with van der Waals surface area (Å²) in [6, 6.07) is 10.1. The smallest absolute Gasteiger partial charge is 0.314 e. The summed E-state index contributed by atoms with van der Waals surface area (Å²) in [5.41, 5.74) is 7.83. The zero-order valence-electron chi connectivity index (χ0n) is 16.3. The Morgan fingerprint density at radius 2 is 1.83 bits per heavy atom. The molecule has 1 saturated heterocycles. The Kier molecular flexibility index (Phi) is 6.62. The molecule has 29 heavy (non-hydrogen) atoms. The number of H-pyrrole nitrogens is 1. The first-order chi connectivity index (χ1) is 14.1. The number of nitrogens with one attached hydrogen (secondary N) is 3. The largest absolute Gasteiger partial charge is 0.388 e.